The number of nitro benzene ring substituents is 1. The zero-order valence-corrected chi connectivity index (χ0v) is 15.3. The number of rotatable bonds is 4. The summed E-state index contributed by atoms with van der Waals surface area (Å²) < 4.78 is 29.1. The highest BCUT2D eigenvalue weighted by Crippen LogP contribution is 2.38. The number of piperazine rings is 1. The largest absolute Gasteiger partial charge is 0.352 e. The molecule has 144 valence electrons. The number of aromatic nitrogens is 4. The molecule has 1 aromatic carbocycles. The van der Waals surface area contributed by atoms with E-state index in [1.165, 1.54) is 34.9 Å². The van der Waals surface area contributed by atoms with Crippen LogP contribution in [0.4, 0.5) is 11.5 Å². The number of hydrogen-bond donors (Lipinski definition) is 0. The van der Waals surface area contributed by atoms with Gasteiger partial charge in [-0.25, -0.2) is 8.42 Å². The van der Waals surface area contributed by atoms with Crippen molar-refractivity contribution in [3.63, 3.8) is 0 Å². The number of anilines is 1. The minimum Gasteiger partial charge on any atom is -0.352 e. The molecule has 3 fully saturated rings. The Labute approximate surface area is 159 Å². The van der Waals surface area contributed by atoms with Crippen LogP contribution in [0.1, 0.15) is 6.42 Å². The van der Waals surface area contributed by atoms with Crippen LogP contribution in [-0.4, -0.2) is 62.6 Å². The van der Waals surface area contributed by atoms with Gasteiger partial charge in [-0.3, -0.25) is 10.1 Å². The molecule has 3 aliphatic heterocycles. The molecule has 11 nitrogen and oxygen atoms in total. The minimum absolute atomic E-state index is 0.0743. The molecular formula is C16H15N7O4S. The summed E-state index contributed by atoms with van der Waals surface area (Å²) in [6, 6.07) is 8.38. The number of piperidine rings is 1. The van der Waals surface area contributed by atoms with E-state index in [-0.39, 0.29) is 22.7 Å². The normalized spacial score (nSPS) is 22.2. The third-order valence-electron chi connectivity index (χ3n) is 5.22. The molecular weight excluding hydrogens is 386 g/mol. The molecule has 2 aromatic heterocycles. The van der Waals surface area contributed by atoms with E-state index in [1.54, 1.807) is 4.52 Å². The van der Waals surface area contributed by atoms with Crippen molar-refractivity contribution in [2.75, 3.05) is 18.0 Å². The van der Waals surface area contributed by atoms with E-state index in [2.05, 4.69) is 20.2 Å². The Bertz CT molecular complexity index is 1170. The molecule has 3 aliphatic rings. The lowest BCUT2D eigenvalue weighted by molar-refractivity contribution is -0.384. The van der Waals surface area contributed by atoms with Gasteiger partial charge in [0.1, 0.15) is 12.1 Å². The lowest BCUT2D eigenvalue weighted by Gasteiger charge is -2.55. The molecule has 12 heteroatoms. The average molecular weight is 401 g/mol. The highest BCUT2D eigenvalue weighted by molar-refractivity contribution is 7.89. The summed E-state index contributed by atoms with van der Waals surface area (Å²) in [4.78, 5) is 12.4. The second-order valence-electron chi connectivity index (χ2n) is 6.86. The van der Waals surface area contributed by atoms with Crippen LogP contribution in [0.5, 0.6) is 0 Å². The van der Waals surface area contributed by atoms with Crippen molar-refractivity contribution in [1.29, 1.82) is 0 Å². The van der Waals surface area contributed by atoms with Gasteiger partial charge in [0.2, 0.25) is 10.0 Å². The van der Waals surface area contributed by atoms with Crippen LogP contribution in [-0.2, 0) is 10.0 Å². The number of nitro groups is 1. The van der Waals surface area contributed by atoms with Crippen LogP contribution in [0.3, 0.4) is 0 Å². The van der Waals surface area contributed by atoms with Crippen molar-refractivity contribution in [3.8, 4) is 0 Å². The third-order valence-corrected chi connectivity index (χ3v) is 7.24. The number of nitrogens with zero attached hydrogens (tertiary/aromatic N) is 7. The summed E-state index contributed by atoms with van der Waals surface area (Å²) in [5.74, 6) is 0.745. The summed E-state index contributed by atoms with van der Waals surface area (Å²) in [6.07, 6.45) is 2.31. The summed E-state index contributed by atoms with van der Waals surface area (Å²) in [7, 11) is -3.70. The Hall–Kier alpha value is -3.12. The van der Waals surface area contributed by atoms with Crippen LogP contribution in [0.15, 0.2) is 47.6 Å². The SMILES string of the molecule is O=[N+]([O-])c1ccc(S(=O)(=O)N2C3CC2CN(c2ccc4nncn4n2)C3)cc1. The van der Waals surface area contributed by atoms with E-state index < -0.39 is 14.9 Å². The van der Waals surface area contributed by atoms with Crippen molar-refractivity contribution >= 4 is 27.2 Å². The number of sulfonamides is 1. The van der Waals surface area contributed by atoms with E-state index in [0.29, 0.717) is 18.7 Å². The van der Waals surface area contributed by atoms with Gasteiger partial charge in [0.15, 0.2) is 5.65 Å². The lowest BCUT2D eigenvalue weighted by atomic mass is 9.91. The van der Waals surface area contributed by atoms with Gasteiger partial charge in [-0.05, 0) is 30.7 Å². The first-order valence-corrected chi connectivity index (χ1v) is 10.1. The van der Waals surface area contributed by atoms with Gasteiger partial charge in [0, 0.05) is 37.3 Å². The van der Waals surface area contributed by atoms with Gasteiger partial charge >= 0.3 is 0 Å². The van der Waals surface area contributed by atoms with Crippen molar-refractivity contribution in [2.45, 2.75) is 23.4 Å². The molecule has 28 heavy (non-hydrogen) atoms. The van der Waals surface area contributed by atoms with Gasteiger partial charge in [0.25, 0.3) is 5.69 Å². The van der Waals surface area contributed by atoms with Crippen molar-refractivity contribution in [1.82, 2.24) is 24.1 Å². The summed E-state index contributed by atoms with van der Waals surface area (Å²) in [6.45, 7) is 1.06. The number of non-ortho nitro benzene ring substituents is 1. The Morgan fingerprint density at radius 3 is 2.46 bits per heavy atom. The lowest BCUT2D eigenvalue weighted by Crippen LogP contribution is -2.70. The highest BCUT2D eigenvalue weighted by atomic mass is 32.2. The Morgan fingerprint density at radius 2 is 1.79 bits per heavy atom. The molecule has 6 rings (SSSR count). The van der Waals surface area contributed by atoms with Gasteiger partial charge in [-0.1, -0.05) is 0 Å². The summed E-state index contributed by atoms with van der Waals surface area (Å²) in [5.41, 5.74) is 0.512. The Morgan fingerprint density at radius 1 is 1.07 bits per heavy atom. The first-order valence-electron chi connectivity index (χ1n) is 8.63. The van der Waals surface area contributed by atoms with E-state index in [4.69, 9.17) is 0 Å². The standard InChI is InChI=1S/C16H15N7O4S/c24-23(25)11-1-3-14(4-2-11)28(26,27)22-12-7-13(22)9-20(8-12)16-6-5-15-18-17-10-21(15)19-16/h1-6,10,12-13H,7-9H2. The molecule has 2 bridgehead atoms. The molecule has 0 N–H and O–H groups in total. The monoisotopic (exact) mass is 401 g/mol. The maximum absolute atomic E-state index is 13.0. The second-order valence-corrected chi connectivity index (χ2v) is 8.70. The maximum Gasteiger partial charge on any atom is 0.269 e. The molecule has 5 heterocycles. The second kappa shape index (κ2) is 5.94. The van der Waals surface area contributed by atoms with Crippen LogP contribution >= 0.6 is 0 Å². The number of hydrogen-bond acceptors (Lipinski definition) is 8. The summed E-state index contributed by atoms with van der Waals surface area (Å²) >= 11 is 0. The fraction of sp³-hybridized carbons (Fsp3) is 0.312. The quantitative estimate of drug-likeness (QED) is 0.461. The predicted molar refractivity (Wildman–Crippen MR) is 97.3 cm³/mol. The average Bonchev–Trinajstić information content (AvgIpc) is 3.15. The highest BCUT2D eigenvalue weighted by Gasteiger charge is 2.51. The van der Waals surface area contributed by atoms with E-state index >= 15 is 0 Å². The van der Waals surface area contributed by atoms with Gasteiger partial charge in [-0.15, -0.1) is 15.3 Å². The summed E-state index contributed by atoms with van der Waals surface area (Å²) in [5, 5.41) is 23.0. The van der Waals surface area contributed by atoms with Crippen LogP contribution < -0.4 is 4.90 Å². The zero-order valence-electron chi connectivity index (χ0n) is 14.5. The van der Waals surface area contributed by atoms with Crippen molar-refractivity contribution < 1.29 is 13.3 Å². The maximum atomic E-state index is 13.0. The van der Waals surface area contributed by atoms with Gasteiger partial charge in [0.05, 0.1) is 9.82 Å². The van der Waals surface area contributed by atoms with E-state index in [1.807, 2.05) is 12.1 Å². The smallest absolute Gasteiger partial charge is 0.269 e. The first kappa shape index (κ1) is 17.0. The van der Waals surface area contributed by atoms with E-state index in [0.717, 1.165) is 12.2 Å². The molecule has 3 aromatic rings. The topological polar surface area (TPSA) is 127 Å². The predicted octanol–water partition coefficient (Wildman–Crippen LogP) is 0.684. The fourth-order valence-corrected chi connectivity index (χ4v) is 5.72. The third kappa shape index (κ3) is 2.52. The van der Waals surface area contributed by atoms with E-state index in [9.17, 15) is 18.5 Å². The first-order chi connectivity index (χ1) is 13.4. The fourth-order valence-electron chi connectivity index (χ4n) is 3.90. The number of fused-ring (bicyclic) bond motifs is 3. The molecule has 0 amide bonds. The van der Waals surface area contributed by atoms with Crippen molar-refractivity contribution in [2.24, 2.45) is 0 Å². The number of benzene rings is 1. The molecule has 2 unspecified atom stereocenters. The van der Waals surface area contributed by atoms with Gasteiger partial charge < -0.3 is 4.90 Å². The molecule has 2 atom stereocenters. The molecule has 0 aliphatic carbocycles. The molecule has 3 saturated heterocycles. The van der Waals surface area contributed by atoms with Crippen LogP contribution in [0, 0.1) is 10.1 Å². The van der Waals surface area contributed by atoms with Crippen LogP contribution in [0.25, 0.3) is 5.65 Å². The van der Waals surface area contributed by atoms with Crippen LogP contribution in [0.2, 0.25) is 0 Å². The molecule has 0 spiro atoms. The Kier molecular flexibility index (Phi) is 3.61. The zero-order chi connectivity index (χ0) is 19.5. The molecule has 0 radical (unpaired) electrons. The van der Waals surface area contributed by atoms with Crippen molar-refractivity contribution in [3.05, 3.63) is 52.8 Å². The minimum atomic E-state index is -3.70. The Balaban J connectivity index is 1.37. The molecule has 0 saturated carbocycles. The van der Waals surface area contributed by atoms with Gasteiger partial charge in [-0.2, -0.15) is 8.82 Å².